The molecule has 1 saturated carbocycles. The third-order valence-corrected chi connectivity index (χ3v) is 3.24. The second kappa shape index (κ2) is 4.75. The van der Waals surface area contributed by atoms with Gasteiger partial charge in [0.15, 0.2) is 5.78 Å². The van der Waals surface area contributed by atoms with Crippen molar-refractivity contribution < 1.29 is 22.4 Å². The van der Waals surface area contributed by atoms with Gasteiger partial charge in [0.2, 0.25) is 0 Å². The number of hydrogen-bond acceptors (Lipinski definition) is 2. The maximum Gasteiger partial charge on any atom is 0.416 e. The van der Waals surface area contributed by atoms with Crippen LogP contribution in [0.2, 0.25) is 0 Å². The van der Waals surface area contributed by atoms with E-state index in [1.807, 2.05) is 0 Å². The van der Waals surface area contributed by atoms with Crippen molar-refractivity contribution in [2.45, 2.75) is 18.5 Å². The van der Waals surface area contributed by atoms with Gasteiger partial charge in [-0.2, -0.15) is 13.2 Å². The Morgan fingerprint density at radius 2 is 2.00 bits per heavy atom. The topological polar surface area (TPSA) is 40.9 Å². The normalized spacial score (nSPS) is 24.0. The molecule has 2 atom stereocenters. The van der Waals surface area contributed by atoms with Crippen LogP contribution in [0.25, 0.3) is 0 Å². The number of carbonyl (C=O) groups excluding carboxylic acids is 1. The molecule has 0 aromatic heterocycles. The van der Waals surface area contributed by atoms with Gasteiger partial charge in [-0.05, 0) is 18.1 Å². The number of ketones is 1. The van der Waals surface area contributed by atoms with E-state index >= 15 is 0 Å². The number of rotatable bonds is 2. The summed E-state index contributed by atoms with van der Waals surface area (Å²) in [5.74, 6) is -2.44. The molecule has 2 nitrogen and oxygen atoms in total. The van der Waals surface area contributed by atoms with Crippen molar-refractivity contribution in [2.24, 2.45) is 5.92 Å². The van der Waals surface area contributed by atoms with Crippen molar-refractivity contribution in [2.75, 3.05) is 6.67 Å². The zero-order valence-corrected chi connectivity index (χ0v) is 9.80. The van der Waals surface area contributed by atoms with Crippen molar-refractivity contribution in [3.8, 4) is 0 Å². The van der Waals surface area contributed by atoms with E-state index < -0.39 is 36.0 Å². The van der Waals surface area contributed by atoms with Crippen molar-refractivity contribution in [1.29, 1.82) is 5.41 Å². The first-order chi connectivity index (χ1) is 8.84. The van der Waals surface area contributed by atoms with Gasteiger partial charge < -0.3 is 5.41 Å². The summed E-state index contributed by atoms with van der Waals surface area (Å²) in [5.41, 5.74) is -0.776. The van der Waals surface area contributed by atoms with E-state index in [0.29, 0.717) is 0 Å². The molecule has 0 radical (unpaired) electrons. The fourth-order valence-electron chi connectivity index (χ4n) is 2.28. The van der Waals surface area contributed by atoms with E-state index in [0.717, 1.165) is 12.1 Å². The summed E-state index contributed by atoms with van der Waals surface area (Å²) < 4.78 is 50.4. The van der Waals surface area contributed by atoms with Crippen LogP contribution in [0.3, 0.4) is 0 Å². The highest BCUT2D eigenvalue weighted by Gasteiger charge is 2.40. The minimum atomic E-state index is -4.50. The Bertz CT molecular complexity index is 524. The van der Waals surface area contributed by atoms with Crippen LogP contribution in [0, 0.1) is 11.3 Å². The molecule has 2 unspecified atom stereocenters. The van der Waals surface area contributed by atoms with Gasteiger partial charge >= 0.3 is 6.18 Å². The second-order valence-electron chi connectivity index (χ2n) is 4.54. The van der Waals surface area contributed by atoms with Crippen molar-refractivity contribution in [3.05, 3.63) is 35.4 Å². The summed E-state index contributed by atoms with van der Waals surface area (Å²) in [7, 11) is 0. The van der Waals surface area contributed by atoms with Gasteiger partial charge in [-0.25, -0.2) is 0 Å². The number of halogens is 4. The maximum absolute atomic E-state index is 12.6. The zero-order valence-electron chi connectivity index (χ0n) is 9.80. The van der Waals surface area contributed by atoms with Gasteiger partial charge in [0.1, 0.15) is 0 Å². The average molecular weight is 273 g/mol. The number of nitrogens with one attached hydrogen (secondary N) is 1. The molecule has 102 valence electrons. The van der Waals surface area contributed by atoms with Crippen LogP contribution in [0.1, 0.15) is 23.5 Å². The van der Waals surface area contributed by atoms with Crippen LogP contribution in [-0.2, 0) is 11.0 Å². The van der Waals surface area contributed by atoms with Crippen LogP contribution in [0.15, 0.2) is 24.3 Å². The molecule has 1 aromatic rings. The Kier molecular flexibility index (Phi) is 3.43. The van der Waals surface area contributed by atoms with Gasteiger partial charge in [0.05, 0.1) is 24.1 Å². The molecule has 0 saturated heterocycles. The average Bonchev–Trinajstić information content (AvgIpc) is 2.63. The summed E-state index contributed by atoms with van der Waals surface area (Å²) in [4.78, 5) is 11.8. The molecule has 1 aliphatic carbocycles. The smallest absolute Gasteiger partial charge is 0.309 e. The minimum absolute atomic E-state index is 0.0176. The van der Waals surface area contributed by atoms with Crippen LogP contribution in [0.4, 0.5) is 17.6 Å². The number of carbonyl (C=O) groups is 1. The summed E-state index contributed by atoms with van der Waals surface area (Å²) in [6.45, 7) is -0.878. The molecule has 0 bridgehead atoms. The third-order valence-electron chi connectivity index (χ3n) is 3.24. The maximum atomic E-state index is 12.6. The zero-order chi connectivity index (χ0) is 14.2. The summed E-state index contributed by atoms with van der Waals surface area (Å²) in [6.07, 6.45) is -4.52. The van der Waals surface area contributed by atoms with Gasteiger partial charge in [0, 0.05) is 5.71 Å². The lowest BCUT2D eigenvalue weighted by molar-refractivity contribution is -0.137. The van der Waals surface area contributed by atoms with Crippen LogP contribution in [-0.4, -0.2) is 18.2 Å². The lowest BCUT2D eigenvalue weighted by Gasteiger charge is -2.13. The fraction of sp³-hybridized carbons (Fsp3) is 0.385. The van der Waals surface area contributed by atoms with E-state index in [-0.39, 0.29) is 17.7 Å². The molecule has 1 fully saturated rings. The lowest BCUT2D eigenvalue weighted by atomic mass is 9.93. The molecule has 1 aromatic carbocycles. The SMILES string of the molecule is N=C1CC(CF)C(=O)C1c1cccc(C(F)(F)F)c1. The fourth-order valence-corrected chi connectivity index (χ4v) is 2.28. The molecule has 0 aliphatic heterocycles. The molecule has 2 rings (SSSR count). The largest absolute Gasteiger partial charge is 0.416 e. The first-order valence-corrected chi connectivity index (χ1v) is 5.68. The number of alkyl halides is 4. The summed E-state index contributed by atoms with van der Waals surface area (Å²) >= 11 is 0. The van der Waals surface area contributed by atoms with Crippen LogP contribution >= 0.6 is 0 Å². The molecule has 0 heterocycles. The Morgan fingerprint density at radius 3 is 2.53 bits per heavy atom. The van der Waals surface area contributed by atoms with E-state index in [1.165, 1.54) is 12.1 Å². The van der Waals surface area contributed by atoms with Crippen molar-refractivity contribution in [3.63, 3.8) is 0 Å². The molecular weight excluding hydrogens is 262 g/mol. The predicted octanol–water partition coefficient (Wildman–Crippen LogP) is 3.37. The summed E-state index contributed by atoms with van der Waals surface area (Å²) in [5, 5.41) is 7.67. The van der Waals surface area contributed by atoms with Gasteiger partial charge in [-0.3, -0.25) is 9.18 Å². The first-order valence-electron chi connectivity index (χ1n) is 5.68. The first kappa shape index (κ1) is 13.7. The molecular formula is C13H11F4NO. The molecule has 19 heavy (non-hydrogen) atoms. The summed E-state index contributed by atoms with van der Waals surface area (Å²) in [6, 6.07) is 4.32. The lowest BCUT2D eigenvalue weighted by Crippen LogP contribution is -2.17. The molecule has 6 heteroatoms. The number of benzene rings is 1. The van der Waals surface area contributed by atoms with Crippen molar-refractivity contribution in [1.82, 2.24) is 0 Å². The van der Waals surface area contributed by atoms with E-state index in [1.54, 1.807) is 0 Å². The molecule has 0 amide bonds. The quantitative estimate of drug-likeness (QED) is 0.825. The Morgan fingerprint density at radius 1 is 1.32 bits per heavy atom. The highest BCUT2D eigenvalue weighted by atomic mass is 19.4. The second-order valence-corrected chi connectivity index (χ2v) is 4.54. The van der Waals surface area contributed by atoms with E-state index in [9.17, 15) is 22.4 Å². The standard InChI is InChI=1S/C13H11F4NO/c14-6-8-5-10(18)11(12(8)19)7-2-1-3-9(4-7)13(15,16)17/h1-4,8,11,18H,5-6H2. The minimum Gasteiger partial charge on any atom is -0.309 e. The van der Waals surface area contributed by atoms with Crippen LogP contribution in [0.5, 0.6) is 0 Å². The monoisotopic (exact) mass is 273 g/mol. The van der Waals surface area contributed by atoms with Gasteiger partial charge in [0.25, 0.3) is 0 Å². The third kappa shape index (κ3) is 2.52. The Labute approximate surface area is 106 Å². The highest BCUT2D eigenvalue weighted by molar-refractivity contribution is 6.15. The van der Waals surface area contributed by atoms with Gasteiger partial charge in [-0.15, -0.1) is 0 Å². The van der Waals surface area contributed by atoms with E-state index in [2.05, 4.69) is 0 Å². The Balaban J connectivity index is 2.38. The van der Waals surface area contributed by atoms with Crippen molar-refractivity contribution >= 4 is 11.5 Å². The molecule has 1 N–H and O–H groups in total. The predicted molar refractivity (Wildman–Crippen MR) is 61.0 cm³/mol. The number of hydrogen-bond donors (Lipinski definition) is 1. The highest BCUT2D eigenvalue weighted by Crippen LogP contribution is 2.36. The molecule has 0 spiro atoms. The molecule has 1 aliphatic rings. The van der Waals surface area contributed by atoms with Gasteiger partial charge in [-0.1, -0.05) is 18.2 Å². The van der Waals surface area contributed by atoms with E-state index in [4.69, 9.17) is 5.41 Å². The number of Topliss-reactive ketones (excluding diaryl/α,β-unsaturated/α-hetero) is 1. The Hall–Kier alpha value is -1.72. The van der Waals surface area contributed by atoms with Crippen LogP contribution < -0.4 is 0 Å².